The number of nitrogens with zero attached hydrogens (tertiary/aromatic N) is 1. The molecule has 0 amide bonds. The summed E-state index contributed by atoms with van der Waals surface area (Å²) in [6, 6.07) is 4.03. The van der Waals surface area contributed by atoms with Crippen molar-refractivity contribution in [3.63, 3.8) is 0 Å². The Hall–Kier alpha value is -0.690. The lowest BCUT2D eigenvalue weighted by atomic mass is 10.4. The number of rotatable bonds is 7. The van der Waals surface area contributed by atoms with E-state index < -0.39 is 0 Å². The van der Waals surface area contributed by atoms with E-state index in [1.807, 2.05) is 12.1 Å². The van der Waals surface area contributed by atoms with E-state index in [9.17, 15) is 0 Å². The SMILES string of the molecule is COCCNCCc1ncc(-c2ccc(Br)s2)o1. The fraction of sp³-hybridized carbons (Fsp3) is 0.417. The summed E-state index contributed by atoms with van der Waals surface area (Å²) in [5.74, 6) is 1.59. The smallest absolute Gasteiger partial charge is 0.196 e. The molecule has 2 heterocycles. The van der Waals surface area contributed by atoms with Crippen LogP contribution in [0.15, 0.2) is 26.5 Å². The van der Waals surface area contributed by atoms with Crippen molar-refractivity contribution in [3.05, 3.63) is 28.0 Å². The van der Waals surface area contributed by atoms with Crippen LogP contribution in [0.5, 0.6) is 0 Å². The monoisotopic (exact) mass is 330 g/mol. The molecule has 0 aliphatic carbocycles. The van der Waals surface area contributed by atoms with Crippen LogP contribution in [0.4, 0.5) is 0 Å². The summed E-state index contributed by atoms with van der Waals surface area (Å²) in [6.45, 7) is 2.42. The van der Waals surface area contributed by atoms with Gasteiger partial charge in [-0.3, -0.25) is 0 Å². The van der Waals surface area contributed by atoms with Crippen molar-refractivity contribution in [3.8, 4) is 10.6 Å². The Labute approximate surface area is 118 Å². The Kier molecular flexibility index (Phi) is 5.37. The van der Waals surface area contributed by atoms with Crippen LogP contribution in [-0.2, 0) is 11.2 Å². The molecular formula is C12H15BrN2O2S. The molecule has 4 nitrogen and oxygen atoms in total. The second-order valence-corrected chi connectivity index (χ2v) is 6.18. The first kappa shape index (κ1) is 13.7. The molecule has 0 bridgehead atoms. The predicted molar refractivity (Wildman–Crippen MR) is 76.0 cm³/mol. The predicted octanol–water partition coefficient (Wildman–Crippen LogP) is 2.94. The summed E-state index contributed by atoms with van der Waals surface area (Å²) >= 11 is 5.08. The van der Waals surface area contributed by atoms with Gasteiger partial charge in [0.2, 0.25) is 0 Å². The number of oxazole rings is 1. The zero-order chi connectivity index (χ0) is 12.8. The molecule has 0 aliphatic heterocycles. The van der Waals surface area contributed by atoms with Crippen molar-refractivity contribution < 1.29 is 9.15 Å². The van der Waals surface area contributed by atoms with Crippen LogP contribution in [0.25, 0.3) is 10.6 Å². The highest BCUT2D eigenvalue weighted by Crippen LogP contribution is 2.31. The number of thiophene rings is 1. The van der Waals surface area contributed by atoms with Crippen LogP contribution in [0.1, 0.15) is 5.89 Å². The van der Waals surface area contributed by atoms with Crippen molar-refractivity contribution in [2.75, 3.05) is 26.8 Å². The third-order valence-electron chi connectivity index (χ3n) is 2.37. The molecule has 0 fully saturated rings. The minimum Gasteiger partial charge on any atom is -0.440 e. The molecule has 0 atom stereocenters. The first-order chi connectivity index (χ1) is 8.79. The van der Waals surface area contributed by atoms with Crippen LogP contribution in [0.3, 0.4) is 0 Å². The van der Waals surface area contributed by atoms with Crippen LogP contribution in [0.2, 0.25) is 0 Å². The molecule has 0 radical (unpaired) electrons. The standard InChI is InChI=1S/C12H15BrN2O2S/c1-16-7-6-14-5-4-12-15-8-9(17-12)10-2-3-11(13)18-10/h2-3,8,14H,4-7H2,1H3. The van der Waals surface area contributed by atoms with Gasteiger partial charge >= 0.3 is 0 Å². The molecule has 18 heavy (non-hydrogen) atoms. The van der Waals surface area contributed by atoms with Crippen LogP contribution < -0.4 is 5.32 Å². The molecule has 2 aromatic heterocycles. The number of hydrogen-bond acceptors (Lipinski definition) is 5. The van der Waals surface area contributed by atoms with Crippen molar-refractivity contribution in [2.24, 2.45) is 0 Å². The molecular weight excluding hydrogens is 316 g/mol. The second-order valence-electron chi connectivity index (χ2n) is 3.71. The third kappa shape index (κ3) is 3.91. The largest absolute Gasteiger partial charge is 0.440 e. The topological polar surface area (TPSA) is 47.3 Å². The van der Waals surface area contributed by atoms with Crippen LogP contribution >= 0.6 is 27.3 Å². The van der Waals surface area contributed by atoms with Gasteiger partial charge in [0, 0.05) is 26.6 Å². The van der Waals surface area contributed by atoms with Gasteiger partial charge in [-0.1, -0.05) is 0 Å². The maximum Gasteiger partial charge on any atom is 0.196 e. The maximum absolute atomic E-state index is 5.70. The number of halogens is 1. The Morgan fingerprint density at radius 1 is 1.44 bits per heavy atom. The highest BCUT2D eigenvalue weighted by Gasteiger charge is 2.08. The minimum atomic E-state index is 0.722. The Morgan fingerprint density at radius 3 is 3.06 bits per heavy atom. The number of nitrogens with one attached hydrogen (secondary N) is 1. The number of hydrogen-bond donors (Lipinski definition) is 1. The first-order valence-corrected chi connectivity index (χ1v) is 7.30. The van der Waals surface area contributed by atoms with E-state index in [0.717, 1.165) is 46.4 Å². The highest BCUT2D eigenvalue weighted by molar-refractivity contribution is 9.11. The van der Waals surface area contributed by atoms with Gasteiger partial charge in [-0.15, -0.1) is 11.3 Å². The van der Waals surface area contributed by atoms with Crippen LogP contribution in [0, 0.1) is 0 Å². The Bertz CT molecular complexity index is 484. The molecule has 1 N–H and O–H groups in total. The molecule has 6 heteroatoms. The fourth-order valence-electron chi connectivity index (χ4n) is 1.48. The molecule has 0 aromatic carbocycles. The first-order valence-electron chi connectivity index (χ1n) is 5.69. The summed E-state index contributed by atoms with van der Waals surface area (Å²) < 4.78 is 11.7. The van der Waals surface area contributed by atoms with Crippen molar-refractivity contribution in [2.45, 2.75) is 6.42 Å². The number of methoxy groups -OCH3 is 1. The highest BCUT2D eigenvalue weighted by atomic mass is 79.9. The maximum atomic E-state index is 5.70. The Morgan fingerprint density at radius 2 is 2.33 bits per heavy atom. The lowest BCUT2D eigenvalue weighted by Gasteiger charge is -2.00. The van der Waals surface area contributed by atoms with Crippen molar-refractivity contribution >= 4 is 27.3 Å². The molecule has 0 saturated carbocycles. The van der Waals surface area contributed by atoms with Gasteiger partial charge in [0.1, 0.15) is 0 Å². The molecule has 98 valence electrons. The summed E-state index contributed by atoms with van der Waals surface area (Å²) in [5.41, 5.74) is 0. The summed E-state index contributed by atoms with van der Waals surface area (Å²) in [4.78, 5) is 5.36. The molecule has 0 saturated heterocycles. The number of ether oxygens (including phenoxy) is 1. The van der Waals surface area contributed by atoms with Crippen LogP contribution in [-0.4, -0.2) is 31.8 Å². The van der Waals surface area contributed by atoms with Gasteiger partial charge in [-0.05, 0) is 28.1 Å². The van der Waals surface area contributed by atoms with Gasteiger partial charge in [-0.25, -0.2) is 4.98 Å². The van der Waals surface area contributed by atoms with Crippen molar-refractivity contribution in [1.29, 1.82) is 0 Å². The van der Waals surface area contributed by atoms with E-state index in [1.54, 1.807) is 24.6 Å². The molecule has 2 aromatic rings. The Balaban J connectivity index is 1.83. The van der Waals surface area contributed by atoms with E-state index in [0.29, 0.717) is 0 Å². The second kappa shape index (κ2) is 7.04. The zero-order valence-electron chi connectivity index (χ0n) is 10.1. The molecule has 0 spiro atoms. The normalized spacial score (nSPS) is 11.0. The fourth-order valence-corrected chi connectivity index (χ4v) is 2.81. The van der Waals surface area contributed by atoms with E-state index in [1.165, 1.54) is 0 Å². The molecule has 0 aliphatic rings. The van der Waals surface area contributed by atoms with Crippen molar-refractivity contribution in [1.82, 2.24) is 10.3 Å². The average molecular weight is 331 g/mol. The summed E-state index contributed by atoms with van der Waals surface area (Å²) in [7, 11) is 1.70. The average Bonchev–Trinajstić information content (AvgIpc) is 2.97. The summed E-state index contributed by atoms with van der Waals surface area (Å²) in [5, 5.41) is 3.26. The third-order valence-corrected chi connectivity index (χ3v) is 4.01. The zero-order valence-corrected chi connectivity index (χ0v) is 12.5. The van der Waals surface area contributed by atoms with Gasteiger partial charge < -0.3 is 14.5 Å². The van der Waals surface area contributed by atoms with E-state index in [4.69, 9.17) is 9.15 Å². The molecule has 0 unspecified atom stereocenters. The molecule has 2 rings (SSSR count). The van der Waals surface area contributed by atoms with Gasteiger partial charge in [0.05, 0.1) is 21.5 Å². The van der Waals surface area contributed by atoms with Gasteiger partial charge in [-0.2, -0.15) is 0 Å². The minimum absolute atomic E-state index is 0.722. The lowest BCUT2D eigenvalue weighted by molar-refractivity contribution is 0.199. The van der Waals surface area contributed by atoms with E-state index >= 15 is 0 Å². The lowest BCUT2D eigenvalue weighted by Crippen LogP contribution is -2.21. The number of aromatic nitrogens is 1. The van der Waals surface area contributed by atoms with E-state index in [-0.39, 0.29) is 0 Å². The van der Waals surface area contributed by atoms with Gasteiger partial charge in [0.15, 0.2) is 11.7 Å². The van der Waals surface area contributed by atoms with Gasteiger partial charge in [0.25, 0.3) is 0 Å². The quantitative estimate of drug-likeness (QED) is 0.793. The van der Waals surface area contributed by atoms with E-state index in [2.05, 4.69) is 26.2 Å². The summed E-state index contributed by atoms with van der Waals surface area (Å²) in [6.07, 6.45) is 2.57.